The lowest BCUT2D eigenvalue weighted by Gasteiger charge is -2.18. The van der Waals surface area contributed by atoms with Crippen molar-refractivity contribution in [2.75, 3.05) is 24.2 Å². The first kappa shape index (κ1) is 29.5. The molecular formula is C18H20F6N7O6PS. The monoisotopic (exact) mass is 607 g/mol. The Hall–Kier alpha value is -2.48. The minimum absolute atomic E-state index is 0.215. The van der Waals surface area contributed by atoms with Crippen molar-refractivity contribution in [3.63, 3.8) is 0 Å². The van der Waals surface area contributed by atoms with E-state index in [0.717, 1.165) is 27.8 Å². The van der Waals surface area contributed by atoms with E-state index in [1.807, 2.05) is 5.32 Å². The Morgan fingerprint density at radius 2 is 1.87 bits per heavy atom. The van der Waals surface area contributed by atoms with Crippen molar-refractivity contribution in [3.05, 3.63) is 25.0 Å². The summed E-state index contributed by atoms with van der Waals surface area (Å²) in [6.07, 6.45) is -12.1. The van der Waals surface area contributed by atoms with Crippen LogP contribution in [0.3, 0.4) is 0 Å². The van der Waals surface area contributed by atoms with Gasteiger partial charge < -0.3 is 25.2 Å². The predicted molar refractivity (Wildman–Crippen MR) is 121 cm³/mol. The Kier molecular flexibility index (Phi) is 8.46. The SMILES string of the molecule is O=P(O)(OC[C@H]1O[C@@H](n2cnc3c(NCC(F)(F)F)nc(SCCC(F)(F)F)nc32)[C@H](O)[C@@H]1O)n1ccnc1. The molecule has 4 heterocycles. The van der Waals surface area contributed by atoms with Crippen LogP contribution < -0.4 is 5.32 Å². The van der Waals surface area contributed by atoms with Gasteiger partial charge in [-0.1, -0.05) is 11.8 Å². The zero-order valence-corrected chi connectivity index (χ0v) is 21.0. The van der Waals surface area contributed by atoms with Crippen LogP contribution in [0.15, 0.2) is 30.2 Å². The maximum absolute atomic E-state index is 12.8. The summed E-state index contributed by atoms with van der Waals surface area (Å²) in [6, 6.07) is 0. The molecule has 0 amide bonds. The Morgan fingerprint density at radius 1 is 1.13 bits per heavy atom. The number of aliphatic hydroxyl groups excluding tert-OH is 2. The minimum atomic E-state index is -4.66. The Bertz CT molecular complexity index is 1330. The second-order valence-corrected chi connectivity index (χ2v) is 10.9. The van der Waals surface area contributed by atoms with Gasteiger partial charge in [-0.2, -0.15) is 26.3 Å². The molecule has 0 saturated carbocycles. The van der Waals surface area contributed by atoms with E-state index in [1.165, 1.54) is 6.20 Å². The number of nitrogens with zero attached hydrogens (tertiary/aromatic N) is 6. The standard InChI is InChI=1S/C18H20F6N7O6PS/c19-17(20,21)1-4-39-16-28-13(26-6-18(22,23)24)10-14(29-16)31(8-27-10)15-12(33)11(32)9(37-15)5-36-38(34,35)30-3-2-25-7-30/h2-3,7-9,11-12,15,32-33H,1,4-6H2,(H,34,35)(H,26,28,29)/t9-,11-,12-,15-/m1/s1. The minimum Gasteiger partial charge on any atom is -0.387 e. The van der Waals surface area contributed by atoms with Crippen molar-refractivity contribution in [3.8, 4) is 0 Å². The maximum atomic E-state index is 12.8. The van der Waals surface area contributed by atoms with E-state index < -0.39 is 75.8 Å². The van der Waals surface area contributed by atoms with Crippen molar-refractivity contribution in [1.82, 2.24) is 28.8 Å². The summed E-state index contributed by atoms with van der Waals surface area (Å²) in [5.74, 6) is -0.958. The summed E-state index contributed by atoms with van der Waals surface area (Å²) >= 11 is 0.532. The molecule has 0 aliphatic carbocycles. The highest BCUT2D eigenvalue weighted by Crippen LogP contribution is 2.44. The van der Waals surface area contributed by atoms with E-state index in [4.69, 9.17) is 9.26 Å². The lowest BCUT2D eigenvalue weighted by atomic mass is 10.1. The molecule has 0 bridgehead atoms. The molecule has 0 spiro atoms. The third kappa shape index (κ3) is 7.19. The number of hydrogen-bond donors (Lipinski definition) is 4. The molecule has 3 aromatic rings. The van der Waals surface area contributed by atoms with Gasteiger partial charge >= 0.3 is 20.1 Å². The van der Waals surface area contributed by atoms with E-state index in [-0.39, 0.29) is 16.3 Å². The van der Waals surface area contributed by atoms with Gasteiger partial charge in [-0.15, -0.1) is 0 Å². The van der Waals surface area contributed by atoms with Gasteiger partial charge in [0.05, 0.1) is 19.4 Å². The average molecular weight is 607 g/mol. The fourth-order valence-electron chi connectivity index (χ4n) is 3.45. The first-order chi connectivity index (χ1) is 18.1. The predicted octanol–water partition coefficient (Wildman–Crippen LogP) is 2.33. The zero-order chi connectivity index (χ0) is 28.6. The number of ether oxygens (including phenoxy) is 1. The van der Waals surface area contributed by atoms with Crippen LogP contribution in [0.5, 0.6) is 0 Å². The van der Waals surface area contributed by atoms with E-state index >= 15 is 0 Å². The quantitative estimate of drug-likeness (QED) is 0.115. The maximum Gasteiger partial charge on any atom is 0.437 e. The zero-order valence-electron chi connectivity index (χ0n) is 19.3. The van der Waals surface area contributed by atoms with Gasteiger partial charge in [-0.25, -0.2) is 28.8 Å². The number of imidazole rings is 2. The van der Waals surface area contributed by atoms with Crippen molar-refractivity contribution in [1.29, 1.82) is 0 Å². The molecule has 1 saturated heterocycles. The van der Waals surface area contributed by atoms with Gasteiger partial charge in [0.25, 0.3) is 0 Å². The van der Waals surface area contributed by atoms with Crippen molar-refractivity contribution in [2.24, 2.45) is 0 Å². The summed E-state index contributed by atoms with van der Waals surface area (Å²) in [6.45, 7) is -2.20. The molecule has 0 aromatic carbocycles. The smallest absolute Gasteiger partial charge is 0.387 e. The molecule has 216 valence electrons. The van der Waals surface area contributed by atoms with Gasteiger partial charge in [0.15, 0.2) is 28.4 Å². The normalized spacial score (nSPS) is 23.8. The molecule has 39 heavy (non-hydrogen) atoms. The first-order valence-electron chi connectivity index (χ1n) is 10.9. The largest absolute Gasteiger partial charge is 0.437 e. The van der Waals surface area contributed by atoms with Gasteiger partial charge in [-0.05, 0) is 0 Å². The number of anilines is 1. The van der Waals surface area contributed by atoms with E-state index in [0.29, 0.717) is 11.8 Å². The van der Waals surface area contributed by atoms with Gasteiger partial charge in [-0.3, -0.25) is 9.09 Å². The molecule has 4 rings (SSSR count). The van der Waals surface area contributed by atoms with Gasteiger partial charge in [0.1, 0.15) is 31.2 Å². The van der Waals surface area contributed by atoms with Crippen LogP contribution in [0.1, 0.15) is 12.6 Å². The van der Waals surface area contributed by atoms with E-state index in [1.54, 1.807) is 0 Å². The van der Waals surface area contributed by atoms with E-state index in [9.17, 15) is 46.0 Å². The summed E-state index contributed by atoms with van der Waals surface area (Å²) in [5, 5.41) is 22.7. The fraction of sp³-hybridized carbons (Fsp3) is 0.556. The summed E-state index contributed by atoms with van der Waals surface area (Å²) in [4.78, 5) is 25.5. The number of halogens is 6. The molecule has 1 unspecified atom stereocenters. The van der Waals surface area contributed by atoms with Crippen LogP contribution in [0.4, 0.5) is 32.2 Å². The summed E-state index contributed by atoms with van der Waals surface area (Å²) in [7, 11) is -4.41. The van der Waals surface area contributed by atoms with Crippen LogP contribution >= 0.6 is 19.5 Å². The highest BCUT2D eigenvalue weighted by molar-refractivity contribution is 7.99. The number of alkyl halides is 6. The molecule has 5 atom stereocenters. The van der Waals surface area contributed by atoms with Crippen LogP contribution in [-0.4, -0.2) is 93.5 Å². The van der Waals surface area contributed by atoms with Gasteiger partial charge in [0.2, 0.25) is 0 Å². The van der Waals surface area contributed by atoms with Crippen LogP contribution in [0, 0.1) is 0 Å². The first-order valence-corrected chi connectivity index (χ1v) is 13.4. The number of hydrogen-bond acceptors (Lipinski definition) is 11. The number of thioether (sulfide) groups is 1. The molecule has 21 heteroatoms. The van der Waals surface area contributed by atoms with E-state index in [2.05, 4.69) is 19.9 Å². The third-order valence-corrected chi connectivity index (χ3v) is 7.43. The van der Waals surface area contributed by atoms with Crippen LogP contribution in [-0.2, 0) is 13.8 Å². The second-order valence-electron chi connectivity index (χ2n) is 8.14. The number of nitrogens with one attached hydrogen (secondary N) is 1. The molecule has 13 nitrogen and oxygen atoms in total. The summed E-state index contributed by atoms with van der Waals surface area (Å²) < 4.78 is 101. The Balaban J connectivity index is 1.58. The molecular weight excluding hydrogens is 587 g/mol. The molecule has 3 aromatic heterocycles. The second kappa shape index (κ2) is 11.2. The highest BCUT2D eigenvalue weighted by Gasteiger charge is 2.45. The van der Waals surface area contributed by atoms with Crippen LogP contribution in [0.25, 0.3) is 11.2 Å². The lowest BCUT2D eigenvalue weighted by Crippen LogP contribution is -2.33. The van der Waals surface area contributed by atoms with Crippen LogP contribution in [0.2, 0.25) is 0 Å². The Morgan fingerprint density at radius 3 is 2.51 bits per heavy atom. The van der Waals surface area contributed by atoms with Crippen molar-refractivity contribution >= 4 is 36.5 Å². The lowest BCUT2D eigenvalue weighted by molar-refractivity contribution is -0.129. The third-order valence-electron chi connectivity index (χ3n) is 5.27. The number of rotatable bonds is 10. The number of aliphatic hydroxyl groups is 2. The Labute approximate surface area is 218 Å². The molecule has 1 fully saturated rings. The highest BCUT2D eigenvalue weighted by atomic mass is 32.2. The topological polar surface area (TPSA) is 170 Å². The van der Waals surface area contributed by atoms with Crippen molar-refractivity contribution < 1.29 is 55.3 Å². The summed E-state index contributed by atoms with van der Waals surface area (Å²) in [5.41, 5.74) is -0.433. The molecule has 1 aliphatic rings. The van der Waals surface area contributed by atoms with Gasteiger partial charge in [0, 0.05) is 18.1 Å². The molecule has 1 aliphatic heterocycles. The number of fused-ring (bicyclic) bond motifs is 1. The molecule has 0 radical (unpaired) electrons. The van der Waals surface area contributed by atoms with Crippen molar-refractivity contribution in [2.45, 2.75) is 48.5 Å². The number of aromatic nitrogens is 6. The average Bonchev–Trinajstić information content (AvgIpc) is 3.56. The molecule has 4 N–H and O–H groups in total. The fourth-order valence-corrected chi connectivity index (χ4v) is 5.16.